The third-order valence-corrected chi connectivity index (χ3v) is 4.54. The summed E-state index contributed by atoms with van der Waals surface area (Å²) in [4.78, 5) is 0. The van der Waals surface area contributed by atoms with Gasteiger partial charge in [-0.1, -0.05) is 19.3 Å². The fourth-order valence-corrected chi connectivity index (χ4v) is 3.35. The smallest absolute Gasteiger partial charge is 0.0828 e. The van der Waals surface area contributed by atoms with E-state index in [2.05, 4.69) is 49.7 Å². The number of aromatic nitrogens is 2. The second kappa shape index (κ2) is 5.98. The van der Waals surface area contributed by atoms with Gasteiger partial charge in [0.1, 0.15) is 0 Å². The predicted molar refractivity (Wildman–Crippen MR) is 81.7 cm³/mol. The van der Waals surface area contributed by atoms with Crippen LogP contribution in [0.2, 0.25) is 0 Å². The van der Waals surface area contributed by atoms with Gasteiger partial charge in [0, 0.05) is 12.1 Å². The first kappa shape index (κ1) is 14.4. The van der Waals surface area contributed by atoms with E-state index in [1.54, 1.807) is 0 Å². The minimum Gasteiger partial charge on any atom is -0.379 e. The molecule has 0 radical (unpaired) electrons. The average Bonchev–Trinajstić information content (AvgIpc) is 2.68. The Morgan fingerprint density at radius 2 is 1.74 bits per heavy atom. The van der Waals surface area contributed by atoms with Crippen LogP contribution in [0.15, 0.2) is 0 Å². The molecular weight excluding hydrogens is 234 g/mol. The van der Waals surface area contributed by atoms with Crippen LogP contribution in [0.3, 0.4) is 0 Å². The monoisotopic (exact) mass is 263 g/mol. The number of rotatable bonds is 4. The maximum Gasteiger partial charge on any atom is 0.0828 e. The first-order valence-corrected chi connectivity index (χ1v) is 7.83. The molecule has 0 aromatic carbocycles. The van der Waals surface area contributed by atoms with Crippen LogP contribution < -0.4 is 5.32 Å². The Balaban J connectivity index is 2.09. The summed E-state index contributed by atoms with van der Waals surface area (Å²) in [6, 6.07) is 0.988. The van der Waals surface area contributed by atoms with Gasteiger partial charge in [0.25, 0.3) is 0 Å². The second-order valence-corrected chi connectivity index (χ2v) is 6.42. The normalized spacial score (nSPS) is 18.8. The van der Waals surface area contributed by atoms with E-state index < -0.39 is 0 Å². The van der Waals surface area contributed by atoms with Crippen molar-refractivity contribution in [3.8, 4) is 0 Å². The van der Waals surface area contributed by atoms with Crippen LogP contribution in [0, 0.1) is 19.8 Å². The van der Waals surface area contributed by atoms with Crippen LogP contribution in [0.1, 0.15) is 70.3 Å². The highest BCUT2D eigenvalue weighted by atomic mass is 15.3. The Kier molecular flexibility index (Phi) is 4.54. The number of nitrogens with zero attached hydrogens (tertiary/aromatic N) is 2. The van der Waals surface area contributed by atoms with Gasteiger partial charge < -0.3 is 5.32 Å². The molecule has 0 saturated heterocycles. The molecule has 19 heavy (non-hydrogen) atoms. The first-order chi connectivity index (χ1) is 9.00. The van der Waals surface area contributed by atoms with Crippen molar-refractivity contribution >= 4 is 5.69 Å². The van der Waals surface area contributed by atoms with E-state index in [0.717, 1.165) is 11.6 Å². The summed E-state index contributed by atoms with van der Waals surface area (Å²) in [5.41, 5.74) is 3.66. The van der Waals surface area contributed by atoms with E-state index in [4.69, 9.17) is 0 Å². The molecule has 1 unspecified atom stereocenters. The Hall–Kier alpha value is -0.990. The molecule has 0 bridgehead atoms. The molecule has 1 aliphatic rings. The Labute approximate surface area is 117 Å². The van der Waals surface area contributed by atoms with Crippen molar-refractivity contribution in [2.24, 2.45) is 5.92 Å². The van der Waals surface area contributed by atoms with Crippen LogP contribution >= 0.6 is 0 Å². The van der Waals surface area contributed by atoms with Gasteiger partial charge in [0.05, 0.1) is 17.1 Å². The van der Waals surface area contributed by atoms with Crippen molar-refractivity contribution in [2.75, 3.05) is 5.32 Å². The molecule has 1 atom stereocenters. The van der Waals surface area contributed by atoms with Gasteiger partial charge >= 0.3 is 0 Å². The quantitative estimate of drug-likeness (QED) is 0.869. The van der Waals surface area contributed by atoms with E-state index in [1.807, 2.05) is 0 Å². The van der Waals surface area contributed by atoms with Crippen LogP contribution in [-0.4, -0.2) is 15.8 Å². The Morgan fingerprint density at radius 1 is 1.11 bits per heavy atom. The second-order valence-electron chi connectivity index (χ2n) is 6.42. The van der Waals surface area contributed by atoms with E-state index in [1.165, 1.54) is 43.5 Å². The Morgan fingerprint density at radius 3 is 2.26 bits per heavy atom. The van der Waals surface area contributed by atoms with E-state index in [0.29, 0.717) is 12.1 Å². The predicted octanol–water partition coefficient (Wildman–Crippen LogP) is 4.46. The van der Waals surface area contributed by atoms with Crippen LogP contribution in [0.25, 0.3) is 0 Å². The van der Waals surface area contributed by atoms with Gasteiger partial charge in [-0.3, -0.25) is 4.68 Å². The summed E-state index contributed by atoms with van der Waals surface area (Å²) in [5.74, 6) is 0.829. The van der Waals surface area contributed by atoms with Crippen molar-refractivity contribution in [1.29, 1.82) is 0 Å². The zero-order valence-electron chi connectivity index (χ0n) is 13.2. The van der Waals surface area contributed by atoms with Gasteiger partial charge in [-0.15, -0.1) is 0 Å². The molecule has 1 saturated carbocycles. The lowest BCUT2D eigenvalue weighted by Crippen LogP contribution is -2.28. The molecule has 0 spiro atoms. The minimum absolute atomic E-state index is 0.430. The van der Waals surface area contributed by atoms with E-state index in [-0.39, 0.29) is 0 Å². The first-order valence-electron chi connectivity index (χ1n) is 7.83. The molecule has 2 rings (SSSR count). The van der Waals surface area contributed by atoms with Crippen molar-refractivity contribution in [2.45, 2.75) is 78.8 Å². The molecule has 1 aliphatic carbocycles. The molecule has 1 fully saturated rings. The van der Waals surface area contributed by atoms with Crippen LogP contribution in [0.5, 0.6) is 0 Å². The van der Waals surface area contributed by atoms with Gasteiger partial charge in [0.15, 0.2) is 0 Å². The molecule has 0 aliphatic heterocycles. The highest BCUT2D eigenvalue weighted by Crippen LogP contribution is 2.30. The minimum atomic E-state index is 0.430. The molecular formula is C16H29N3. The third-order valence-electron chi connectivity index (χ3n) is 4.54. The number of nitrogens with one attached hydrogen (secondary N) is 1. The van der Waals surface area contributed by atoms with Crippen molar-refractivity contribution in [3.63, 3.8) is 0 Å². The zero-order valence-corrected chi connectivity index (χ0v) is 13.2. The maximum absolute atomic E-state index is 4.66. The standard InChI is InChI=1S/C16H29N3/c1-11(2)19-14(5)16(13(4)18-19)17-12(3)15-9-7-6-8-10-15/h11-12,15,17H,6-10H2,1-5H3. The molecule has 0 amide bonds. The fraction of sp³-hybridized carbons (Fsp3) is 0.812. The molecule has 1 aromatic heterocycles. The zero-order chi connectivity index (χ0) is 14.0. The Bertz CT molecular complexity index is 414. The molecule has 1 N–H and O–H groups in total. The summed E-state index contributed by atoms with van der Waals surface area (Å²) in [6.45, 7) is 11.0. The van der Waals surface area contributed by atoms with E-state index >= 15 is 0 Å². The van der Waals surface area contributed by atoms with Crippen molar-refractivity contribution in [1.82, 2.24) is 9.78 Å². The van der Waals surface area contributed by atoms with Crippen LogP contribution in [0.4, 0.5) is 5.69 Å². The summed E-state index contributed by atoms with van der Waals surface area (Å²) >= 11 is 0. The SMILES string of the molecule is Cc1nn(C(C)C)c(C)c1NC(C)C1CCCCC1. The van der Waals surface area contributed by atoms with Gasteiger partial charge in [-0.25, -0.2) is 0 Å². The molecule has 1 heterocycles. The lowest BCUT2D eigenvalue weighted by molar-refractivity contribution is 0.328. The molecule has 3 heteroatoms. The van der Waals surface area contributed by atoms with Crippen molar-refractivity contribution in [3.05, 3.63) is 11.4 Å². The summed E-state index contributed by atoms with van der Waals surface area (Å²) < 4.78 is 2.13. The molecule has 108 valence electrons. The summed E-state index contributed by atoms with van der Waals surface area (Å²) in [7, 11) is 0. The van der Waals surface area contributed by atoms with Gasteiger partial charge in [-0.05, 0) is 53.4 Å². The molecule has 1 aromatic rings. The molecule has 3 nitrogen and oxygen atoms in total. The largest absolute Gasteiger partial charge is 0.379 e. The van der Waals surface area contributed by atoms with Gasteiger partial charge in [0.2, 0.25) is 0 Å². The summed E-state index contributed by atoms with van der Waals surface area (Å²) in [5, 5.41) is 8.40. The number of hydrogen-bond donors (Lipinski definition) is 1. The summed E-state index contributed by atoms with van der Waals surface area (Å²) in [6.07, 6.45) is 6.99. The van der Waals surface area contributed by atoms with Crippen LogP contribution in [-0.2, 0) is 0 Å². The fourth-order valence-electron chi connectivity index (χ4n) is 3.35. The third kappa shape index (κ3) is 3.13. The lowest BCUT2D eigenvalue weighted by Gasteiger charge is -2.29. The number of anilines is 1. The lowest BCUT2D eigenvalue weighted by atomic mass is 9.84. The topological polar surface area (TPSA) is 29.9 Å². The van der Waals surface area contributed by atoms with Crippen molar-refractivity contribution < 1.29 is 0 Å². The van der Waals surface area contributed by atoms with E-state index in [9.17, 15) is 0 Å². The number of hydrogen-bond acceptors (Lipinski definition) is 2. The maximum atomic E-state index is 4.66. The number of aryl methyl sites for hydroxylation is 1. The highest BCUT2D eigenvalue weighted by molar-refractivity contribution is 5.52. The average molecular weight is 263 g/mol. The highest BCUT2D eigenvalue weighted by Gasteiger charge is 2.22. The van der Waals surface area contributed by atoms with Gasteiger partial charge in [-0.2, -0.15) is 5.10 Å².